The fourth-order valence-corrected chi connectivity index (χ4v) is 3.35. The number of hydrogen-bond acceptors (Lipinski definition) is 5. The predicted octanol–water partition coefficient (Wildman–Crippen LogP) is 3.25. The third kappa shape index (κ3) is 4.40. The van der Waals surface area contributed by atoms with E-state index in [1.807, 2.05) is 6.07 Å². The topological polar surface area (TPSA) is 87.2 Å². The molecule has 0 bridgehead atoms. The quantitative estimate of drug-likeness (QED) is 0.718. The maximum Gasteiger partial charge on any atom is 0.258 e. The van der Waals surface area contributed by atoms with Crippen LogP contribution in [0.1, 0.15) is 28.4 Å². The average Bonchev–Trinajstić information content (AvgIpc) is 2.73. The summed E-state index contributed by atoms with van der Waals surface area (Å²) in [6.07, 6.45) is 4.03. The smallest absolute Gasteiger partial charge is 0.258 e. The van der Waals surface area contributed by atoms with Gasteiger partial charge in [0.2, 0.25) is 11.9 Å². The third-order valence-electron chi connectivity index (χ3n) is 4.75. The molecule has 146 valence electrons. The lowest BCUT2D eigenvalue weighted by atomic mass is 10.0. The minimum atomic E-state index is -0.305. The predicted molar refractivity (Wildman–Crippen MR) is 112 cm³/mol. The molecule has 0 unspecified atom stereocenters. The number of carbonyl (C=O) groups is 2. The van der Waals surface area contributed by atoms with Gasteiger partial charge >= 0.3 is 0 Å². The van der Waals surface area contributed by atoms with Crippen molar-refractivity contribution < 1.29 is 9.59 Å². The number of benzene rings is 2. The van der Waals surface area contributed by atoms with Gasteiger partial charge in [0.1, 0.15) is 0 Å². The van der Waals surface area contributed by atoms with Crippen LogP contribution in [0.15, 0.2) is 60.9 Å². The van der Waals surface area contributed by atoms with E-state index in [1.165, 1.54) is 30.4 Å². The molecule has 2 heterocycles. The Bertz CT molecular complexity index is 1050. The molecule has 1 aromatic heterocycles. The van der Waals surface area contributed by atoms with Crippen LogP contribution in [0, 0.1) is 0 Å². The first-order valence-corrected chi connectivity index (χ1v) is 9.41. The van der Waals surface area contributed by atoms with E-state index in [2.05, 4.69) is 43.7 Å². The minimum absolute atomic E-state index is 0.169. The minimum Gasteiger partial charge on any atom is -0.336 e. The van der Waals surface area contributed by atoms with E-state index in [0.29, 0.717) is 22.9 Å². The molecule has 0 fully saturated rings. The van der Waals surface area contributed by atoms with Gasteiger partial charge in [0.05, 0.1) is 5.56 Å². The van der Waals surface area contributed by atoms with Crippen LogP contribution >= 0.6 is 0 Å². The van der Waals surface area contributed by atoms with Gasteiger partial charge in [-0.15, -0.1) is 0 Å². The standard InChI is InChI=1S/C22H21N5O2/c1-15(28)25-19-7-4-8-20(11-19)26-21(29)18-12-23-22(24-13-18)27-10-9-16-5-2-3-6-17(16)14-27/h2-8,11-13H,9-10,14H2,1H3,(H,25,28)(H,26,29). The lowest BCUT2D eigenvalue weighted by Crippen LogP contribution is -2.31. The van der Waals surface area contributed by atoms with Crippen LogP contribution in [0.25, 0.3) is 0 Å². The Morgan fingerprint density at radius 2 is 1.62 bits per heavy atom. The number of nitrogens with one attached hydrogen (secondary N) is 2. The van der Waals surface area contributed by atoms with E-state index >= 15 is 0 Å². The normalized spacial score (nSPS) is 12.8. The Morgan fingerprint density at radius 3 is 2.34 bits per heavy atom. The number of amides is 2. The second-order valence-corrected chi connectivity index (χ2v) is 6.93. The highest BCUT2D eigenvalue weighted by Gasteiger charge is 2.18. The first-order chi connectivity index (χ1) is 14.1. The molecule has 1 aliphatic heterocycles. The molecule has 1 aliphatic rings. The maximum absolute atomic E-state index is 12.5. The van der Waals surface area contributed by atoms with Crippen molar-refractivity contribution in [2.45, 2.75) is 19.9 Å². The highest BCUT2D eigenvalue weighted by Crippen LogP contribution is 2.22. The monoisotopic (exact) mass is 387 g/mol. The second kappa shape index (κ2) is 8.10. The molecule has 0 radical (unpaired) electrons. The Balaban J connectivity index is 1.43. The van der Waals surface area contributed by atoms with Crippen LogP contribution in [0.3, 0.4) is 0 Å². The number of rotatable bonds is 4. The summed E-state index contributed by atoms with van der Waals surface area (Å²) in [5.74, 6) is 0.141. The van der Waals surface area contributed by atoms with Crippen molar-refractivity contribution in [1.82, 2.24) is 9.97 Å². The molecule has 2 amide bonds. The number of aromatic nitrogens is 2. The molecule has 0 spiro atoms. The summed E-state index contributed by atoms with van der Waals surface area (Å²) in [7, 11) is 0. The van der Waals surface area contributed by atoms with Crippen LogP contribution in [0.4, 0.5) is 17.3 Å². The highest BCUT2D eigenvalue weighted by atomic mass is 16.2. The van der Waals surface area contributed by atoms with Crippen molar-refractivity contribution in [1.29, 1.82) is 0 Å². The largest absolute Gasteiger partial charge is 0.336 e. The Morgan fingerprint density at radius 1 is 0.931 bits per heavy atom. The summed E-state index contributed by atoms with van der Waals surface area (Å²) in [5.41, 5.74) is 4.21. The molecule has 2 N–H and O–H groups in total. The number of hydrogen-bond donors (Lipinski definition) is 2. The van der Waals surface area contributed by atoms with Crippen LogP contribution in [-0.2, 0) is 17.8 Å². The molecule has 0 saturated carbocycles. The molecule has 2 aromatic carbocycles. The number of carbonyl (C=O) groups excluding carboxylic acids is 2. The summed E-state index contributed by atoms with van der Waals surface area (Å²) in [4.78, 5) is 34.6. The van der Waals surface area contributed by atoms with Crippen molar-refractivity contribution in [3.05, 3.63) is 77.6 Å². The summed E-state index contributed by atoms with van der Waals surface area (Å²) in [6, 6.07) is 15.3. The van der Waals surface area contributed by atoms with E-state index in [0.717, 1.165) is 19.5 Å². The van der Waals surface area contributed by atoms with Gasteiger partial charge < -0.3 is 15.5 Å². The number of fused-ring (bicyclic) bond motifs is 1. The second-order valence-electron chi connectivity index (χ2n) is 6.93. The van der Waals surface area contributed by atoms with Crippen molar-refractivity contribution in [2.75, 3.05) is 22.1 Å². The van der Waals surface area contributed by atoms with Gasteiger partial charge in [-0.05, 0) is 35.7 Å². The zero-order valence-corrected chi connectivity index (χ0v) is 16.1. The van der Waals surface area contributed by atoms with E-state index in [4.69, 9.17) is 0 Å². The molecule has 0 atom stereocenters. The number of nitrogens with zero attached hydrogens (tertiary/aromatic N) is 3. The maximum atomic E-state index is 12.5. The van der Waals surface area contributed by atoms with Gasteiger partial charge in [-0.1, -0.05) is 30.3 Å². The Hall–Kier alpha value is -3.74. The van der Waals surface area contributed by atoms with Crippen LogP contribution in [0.5, 0.6) is 0 Å². The Kier molecular flexibility index (Phi) is 5.20. The lowest BCUT2D eigenvalue weighted by molar-refractivity contribution is -0.114. The van der Waals surface area contributed by atoms with Gasteiger partial charge in [-0.2, -0.15) is 0 Å². The summed E-state index contributed by atoms with van der Waals surface area (Å²) in [5, 5.41) is 5.49. The molecular weight excluding hydrogens is 366 g/mol. The molecule has 29 heavy (non-hydrogen) atoms. The molecule has 4 rings (SSSR count). The zero-order chi connectivity index (χ0) is 20.2. The summed E-state index contributed by atoms with van der Waals surface area (Å²) < 4.78 is 0. The van der Waals surface area contributed by atoms with Crippen molar-refractivity contribution in [3.8, 4) is 0 Å². The van der Waals surface area contributed by atoms with Gasteiger partial charge in [-0.3, -0.25) is 9.59 Å². The van der Waals surface area contributed by atoms with Crippen molar-refractivity contribution in [3.63, 3.8) is 0 Å². The lowest BCUT2D eigenvalue weighted by Gasteiger charge is -2.28. The van der Waals surface area contributed by atoms with E-state index in [-0.39, 0.29) is 11.8 Å². The van der Waals surface area contributed by atoms with Gasteiger partial charge in [0, 0.05) is 43.8 Å². The molecule has 3 aromatic rings. The van der Waals surface area contributed by atoms with Crippen LogP contribution in [0.2, 0.25) is 0 Å². The van der Waals surface area contributed by atoms with Gasteiger partial charge in [-0.25, -0.2) is 9.97 Å². The summed E-state index contributed by atoms with van der Waals surface area (Å²) >= 11 is 0. The molecule has 0 saturated heterocycles. The van der Waals surface area contributed by atoms with E-state index in [1.54, 1.807) is 24.3 Å². The first kappa shape index (κ1) is 18.6. The zero-order valence-electron chi connectivity index (χ0n) is 16.1. The fraction of sp³-hybridized carbons (Fsp3) is 0.182. The van der Waals surface area contributed by atoms with Crippen molar-refractivity contribution >= 4 is 29.1 Å². The average molecular weight is 387 g/mol. The Labute approximate surface area is 168 Å². The summed E-state index contributed by atoms with van der Waals surface area (Å²) in [6.45, 7) is 3.04. The molecule has 0 aliphatic carbocycles. The van der Waals surface area contributed by atoms with E-state index < -0.39 is 0 Å². The fourth-order valence-electron chi connectivity index (χ4n) is 3.35. The van der Waals surface area contributed by atoms with Crippen molar-refractivity contribution in [2.24, 2.45) is 0 Å². The number of anilines is 3. The third-order valence-corrected chi connectivity index (χ3v) is 4.75. The molecular formula is C22H21N5O2. The molecule has 7 nitrogen and oxygen atoms in total. The van der Waals surface area contributed by atoms with E-state index in [9.17, 15) is 9.59 Å². The van der Waals surface area contributed by atoms with Crippen LogP contribution < -0.4 is 15.5 Å². The molecule has 7 heteroatoms. The van der Waals surface area contributed by atoms with Gasteiger partial charge in [0.25, 0.3) is 5.91 Å². The highest BCUT2D eigenvalue weighted by molar-refractivity contribution is 6.04. The van der Waals surface area contributed by atoms with Crippen LogP contribution in [-0.4, -0.2) is 28.3 Å². The SMILES string of the molecule is CC(=O)Nc1cccc(NC(=O)c2cnc(N3CCc4ccccc4C3)nc2)c1. The first-order valence-electron chi connectivity index (χ1n) is 9.41. The van der Waals surface area contributed by atoms with Gasteiger partial charge in [0.15, 0.2) is 0 Å².